The molecule has 1 N–H and O–H groups in total. The number of imidazole rings is 1. The molecule has 0 aliphatic rings. The van der Waals surface area contributed by atoms with Crippen molar-refractivity contribution in [2.45, 2.75) is 12.7 Å². The molecule has 0 saturated heterocycles. The summed E-state index contributed by atoms with van der Waals surface area (Å²) in [7, 11) is 1.68. The summed E-state index contributed by atoms with van der Waals surface area (Å²) in [5, 5.41) is 0. The second-order valence-electron chi connectivity index (χ2n) is 3.59. The highest BCUT2D eigenvalue weighted by Gasteiger charge is 2.04. The Morgan fingerprint density at radius 1 is 1.44 bits per heavy atom. The minimum absolute atomic E-state index is 0.620. The van der Waals surface area contributed by atoms with Gasteiger partial charge in [-0.05, 0) is 30.7 Å². The number of hydrogen-bond acceptors (Lipinski definition) is 3. The van der Waals surface area contributed by atoms with Crippen LogP contribution >= 0.6 is 12.6 Å². The first-order chi connectivity index (χ1) is 7.74. The lowest BCUT2D eigenvalue weighted by molar-refractivity contribution is 0.412. The smallest absolute Gasteiger partial charge is 0.121 e. The van der Waals surface area contributed by atoms with Crippen LogP contribution in [0.4, 0.5) is 0 Å². The monoisotopic (exact) mass is 234 g/mol. The summed E-state index contributed by atoms with van der Waals surface area (Å²) in [6.07, 6.45) is 1.83. The van der Waals surface area contributed by atoms with Gasteiger partial charge in [0.15, 0.2) is 0 Å². The van der Waals surface area contributed by atoms with Crippen LogP contribution in [0.2, 0.25) is 0 Å². The average Bonchev–Trinajstić information content (AvgIpc) is 2.77. The molecule has 0 saturated carbocycles. The predicted molar refractivity (Wildman–Crippen MR) is 68.0 cm³/mol. The van der Waals surface area contributed by atoms with Crippen molar-refractivity contribution >= 4 is 12.6 Å². The first-order valence-electron chi connectivity index (χ1n) is 5.04. The predicted octanol–water partition coefficient (Wildman–Crippen LogP) is 2.82. The van der Waals surface area contributed by atoms with Gasteiger partial charge >= 0.3 is 0 Å². The molecular formula is C12H14N2OS. The molecule has 0 unspecified atom stereocenters. The van der Waals surface area contributed by atoms with E-state index in [0.29, 0.717) is 5.75 Å². The second-order valence-corrected chi connectivity index (χ2v) is 3.90. The average molecular weight is 234 g/mol. The first kappa shape index (κ1) is 11.1. The van der Waals surface area contributed by atoms with Gasteiger partial charge in [0, 0.05) is 11.3 Å². The molecule has 4 heteroatoms. The summed E-state index contributed by atoms with van der Waals surface area (Å²) >= 11 is 4.17. The fourth-order valence-electron chi connectivity index (χ4n) is 1.64. The Bertz CT molecular complexity index is 494. The van der Waals surface area contributed by atoms with Gasteiger partial charge in [-0.3, -0.25) is 0 Å². The highest BCUT2D eigenvalue weighted by atomic mass is 32.1. The van der Waals surface area contributed by atoms with E-state index in [0.717, 1.165) is 28.4 Å². The maximum absolute atomic E-state index is 5.22. The van der Waals surface area contributed by atoms with E-state index in [2.05, 4.69) is 28.7 Å². The lowest BCUT2D eigenvalue weighted by atomic mass is 10.1. The summed E-state index contributed by atoms with van der Waals surface area (Å²) in [5.41, 5.74) is 3.23. The number of thiol groups is 1. The van der Waals surface area contributed by atoms with Crippen LogP contribution in [-0.4, -0.2) is 17.1 Å². The fraction of sp³-hybridized carbons (Fsp3) is 0.250. The zero-order valence-corrected chi connectivity index (χ0v) is 10.2. The largest absolute Gasteiger partial charge is 0.496 e. The summed E-state index contributed by atoms with van der Waals surface area (Å²) < 4.78 is 5.22. The van der Waals surface area contributed by atoms with E-state index >= 15 is 0 Å². The van der Waals surface area contributed by atoms with E-state index in [1.165, 1.54) is 0 Å². The van der Waals surface area contributed by atoms with Crippen LogP contribution in [0, 0.1) is 6.92 Å². The van der Waals surface area contributed by atoms with Gasteiger partial charge in [-0.2, -0.15) is 12.6 Å². The zero-order valence-electron chi connectivity index (χ0n) is 9.32. The normalized spacial score (nSPS) is 10.4. The molecule has 0 aliphatic heterocycles. The van der Waals surface area contributed by atoms with Crippen LogP contribution in [-0.2, 0) is 5.75 Å². The lowest BCUT2D eigenvalue weighted by Gasteiger charge is -2.05. The molecule has 1 aromatic heterocycles. The molecule has 1 aromatic carbocycles. The van der Waals surface area contributed by atoms with E-state index < -0.39 is 0 Å². The quantitative estimate of drug-likeness (QED) is 0.801. The number of nitrogens with one attached hydrogen (secondary N) is 1. The first-order valence-corrected chi connectivity index (χ1v) is 5.67. The number of aromatic nitrogens is 2. The number of hydrogen-bond donors (Lipinski definition) is 2. The van der Waals surface area contributed by atoms with E-state index in [1.807, 2.05) is 25.3 Å². The van der Waals surface area contributed by atoms with Gasteiger partial charge < -0.3 is 9.72 Å². The van der Waals surface area contributed by atoms with Gasteiger partial charge in [0.05, 0.1) is 19.0 Å². The van der Waals surface area contributed by atoms with Crippen LogP contribution in [0.1, 0.15) is 11.4 Å². The van der Waals surface area contributed by atoms with Crippen molar-refractivity contribution in [3.63, 3.8) is 0 Å². The Labute approximate surface area is 100 Å². The number of nitrogens with zero attached hydrogens (tertiary/aromatic N) is 1. The van der Waals surface area contributed by atoms with Crippen LogP contribution in [0.25, 0.3) is 11.3 Å². The molecule has 2 rings (SSSR count). The van der Waals surface area contributed by atoms with Crippen molar-refractivity contribution in [3.05, 3.63) is 35.8 Å². The Balaban J connectivity index is 2.37. The molecule has 0 atom stereocenters. The second kappa shape index (κ2) is 4.61. The molecular weight excluding hydrogens is 220 g/mol. The highest BCUT2D eigenvalue weighted by Crippen LogP contribution is 2.24. The summed E-state index contributed by atoms with van der Waals surface area (Å²) in [6, 6.07) is 6.06. The van der Waals surface area contributed by atoms with Gasteiger partial charge in [0.25, 0.3) is 0 Å². The molecule has 0 bridgehead atoms. The van der Waals surface area contributed by atoms with Crippen molar-refractivity contribution in [1.29, 1.82) is 0 Å². The third-order valence-corrected chi connectivity index (χ3v) is 2.78. The number of methoxy groups -OCH3 is 1. The van der Waals surface area contributed by atoms with Crippen LogP contribution < -0.4 is 4.74 Å². The Morgan fingerprint density at radius 3 is 2.81 bits per heavy atom. The molecule has 3 nitrogen and oxygen atoms in total. The Morgan fingerprint density at radius 2 is 2.25 bits per heavy atom. The maximum atomic E-state index is 5.22. The van der Waals surface area contributed by atoms with E-state index in [-0.39, 0.29) is 0 Å². The molecule has 2 aromatic rings. The summed E-state index contributed by atoms with van der Waals surface area (Å²) in [5.74, 6) is 2.40. The Hall–Kier alpha value is -1.42. The summed E-state index contributed by atoms with van der Waals surface area (Å²) in [6.45, 7) is 2.03. The van der Waals surface area contributed by atoms with Crippen molar-refractivity contribution in [2.75, 3.05) is 7.11 Å². The minimum atomic E-state index is 0.620. The number of aromatic amines is 1. The third-order valence-electron chi connectivity index (χ3n) is 2.48. The SMILES string of the molecule is COc1ccc(-c2cnc(CS)[nH]2)cc1C. The summed E-state index contributed by atoms with van der Waals surface area (Å²) in [4.78, 5) is 7.44. The van der Waals surface area contributed by atoms with E-state index in [1.54, 1.807) is 7.11 Å². The molecule has 0 amide bonds. The van der Waals surface area contributed by atoms with Gasteiger partial charge in [-0.1, -0.05) is 0 Å². The molecule has 16 heavy (non-hydrogen) atoms. The number of ether oxygens (including phenoxy) is 1. The topological polar surface area (TPSA) is 37.9 Å². The fourth-order valence-corrected chi connectivity index (χ4v) is 1.80. The number of benzene rings is 1. The standard InChI is InChI=1S/C12H14N2OS/c1-8-5-9(3-4-11(8)15-2)10-6-13-12(7-16)14-10/h3-6,16H,7H2,1-2H3,(H,13,14). The molecule has 1 heterocycles. The van der Waals surface area contributed by atoms with Crippen LogP contribution in [0.3, 0.4) is 0 Å². The number of rotatable bonds is 3. The van der Waals surface area contributed by atoms with Gasteiger partial charge in [-0.25, -0.2) is 4.98 Å². The number of aryl methyl sites for hydroxylation is 1. The zero-order chi connectivity index (χ0) is 11.5. The van der Waals surface area contributed by atoms with Crippen LogP contribution in [0.15, 0.2) is 24.4 Å². The molecule has 0 fully saturated rings. The molecule has 84 valence electrons. The van der Waals surface area contributed by atoms with Crippen LogP contribution in [0.5, 0.6) is 5.75 Å². The highest BCUT2D eigenvalue weighted by molar-refractivity contribution is 7.79. The van der Waals surface area contributed by atoms with E-state index in [4.69, 9.17) is 4.74 Å². The lowest BCUT2D eigenvalue weighted by Crippen LogP contribution is -1.88. The van der Waals surface area contributed by atoms with Crippen molar-refractivity contribution < 1.29 is 4.74 Å². The van der Waals surface area contributed by atoms with Gasteiger partial charge in [0.1, 0.15) is 11.6 Å². The third kappa shape index (κ3) is 2.07. The minimum Gasteiger partial charge on any atom is -0.496 e. The van der Waals surface area contributed by atoms with Gasteiger partial charge in [-0.15, -0.1) is 0 Å². The van der Waals surface area contributed by atoms with Gasteiger partial charge in [0.2, 0.25) is 0 Å². The Kier molecular flexibility index (Phi) is 3.19. The molecule has 0 radical (unpaired) electrons. The van der Waals surface area contributed by atoms with Crippen molar-refractivity contribution in [1.82, 2.24) is 9.97 Å². The maximum Gasteiger partial charge on any atom is 0.121 e. The molecule has 0 spiro atoms. The van der Waals surface area contributed by atoms with Crippen molar-refractivity contribution in [2.24, 2.45) is 0 Å². The molecule has 0 aliphatic carbocycles. The number of H-pyrrole nitrogens is 1. The van der Waals surface area contributed by atoms with Crippen molar-refractivity contribution in [3.8, 4) is 17.0 Å². The van der Waals surface area contributed by atoms with E-state index in [9.17, 15) is 0 Å².